The zero-order valence-corrected chi connectivity index (χ0v) is 11.3. The summed E-state index contributed by atoms with van der Waals surface area (Å²) in [6, 6.07) is 8.34. The Labute approximate surface area is 105 Å². The highest BCUT2D eigenvalue weighted by atomic mass is 127. The van der Waals surface area contributed by atoms with Crippen molar-refractivity contribution in [3.05, 3.63) is 51.6 Å². The zero-order valence-electron chi connectivity index (χ0n) is 9.18. The first-order chi connectivity index (χ1) is 7.08. The summed E-state index contributed by atoms with van der Waals surface area (Å²) in [6.07, 6.45) is 2.10. The van der Waals surface area contributed by atoms with Crippen molar-refractivity contribution >= 4 is 28.3 Å². The van der Waals surface area contributed by atoms with E-state index < -0.39 is 0 Å². The van der Waals surface area contributed by atoms with E-state index in [0.29, 0.717) is 0 Å². The van der Waals surface area contributed by atoms with Crippen molar-refractivity contribution in [3.63, 3.8) is 0 Å². The number of nitrogens with one attached hydrogen (secondary N) is 1. The molecule has 1 N–H and O–H groups in total. The van der Waals surface area contributed by atoms with Crippen LogP contribution in [0.2, 0.25) is 0 Å². The summed E-state index contributed by atoms with van der Waals surface area (Å²) in [5.74, 6) is 0. The summed E-state index contributed by atoms with van der Waals surface area (Å²) in [5.41, 5.74) is 3.52. The second-order valence-corrected chi connectivity index (χ2v) is 4.99. The largest absolute Gasteiger partial charge is 0.381 e. The molecule has 15 heavy (non-hydrogen) atoms. The topological polar surface area (TPSA) is 12.0 Å². The minimum Gasteiger partial charge on any atom is -0.381 e. The van der Waals surface area contributed by atoms with E-state index >= 15 is 0 Å². The van der Waals surface area contributed by atoms with Gasteiger partial charge in [0, 0.05) is 15.8 Å². The van der Waals surface area contributed by atoms with Crippen LogP contribution in [0, 0.1) is 3.57 Å². The average Bonchev–Trinajstić information content (AvgIpc) is 2.16. The molecule has 80 valence electrons. The highest BCUT2D eigenvalue weighted by molar-refractivity contribution is 14.1. The molecule has 0 spiro atoms. The molecule has 0 aliphatic carbocycles. The minimum atomic E-state index is 0.797. The molecule has 0 radical (unpaired) electrons. The van der Waals surface area contributed by atoms with Gasteiger partial charge in [-0.2, -0.15) is 0 Å². The lowest BCUT2D eigenvalue weighted by Gasteiger charge is -2.06. The second-order valence-electron chi connectivity index (χ2n) is 3.74. The lowest BCUT2D eigenvalue weighted by molar-refractivity contribution is 1.24. The fourth-order valence-electron chi connectivity index (χ4n) is 1.24. The van der Waals surface area contributed by atoms with Gasteiger partial charge in [0.05, 0.1) is 0 Å². The molecular formula is C13H16IN. The second kappa shape index (κ2) is 5.95. The Kier molecular flexibility index (Phi) is 4.88. The van der Waals surface area contributed by atoms with Crippen molar-refractivity contribution in [2.45, 2.75) is 13.8 Å². The van der Waals surface area contributed by atoms with Gasteiger partial charge in [0.2, 0.25) is 0 Å². The maximum absolute atomic E-state index is 3.99. The third kappa shape index (κ3) is 5.02. The van der Waals surface area contributed by atoms with Crippen molar-refractivity contribution in [2.24, 2.45) is 0 Å². The molecule has 1 nitrogen and oxygen atoms in total. The number of hydrogen-bond donors (Lipinski definition) is 1. The zero-order chi connectivity index (χ0) is 11.3. The fourth-order valence-corrected chi connectivity index (χ4v) is 1.60. The number of anilines is 1. The Balaban J connectivity index is 2.47. The molecule has 0 aliphatic rings. The van der Waals surface area contributed by atoms with E-state index in [-0.39, 0.29) is 0 Å². The highest BCUT2D eigenvalue weighted by Gasteiger charge is 1.93. The molecule has 0 heterocycles. The predicted molar refractivity (Wildman–Crippen MR) is 76.2 cm³/mol. The van der Waals surface area contributed by atoms with Gasteiger partial charge < -0.3 is 5.32 Å². The van der Waals surface area contributed by atoms with Crippen LogP contribution in [-0.4, -0.2) is 6.54 Å². The van der Waals surface area contributed by atoms with Gasteiger partial charge in [0.1, 0.15) is 0 Å². The van der Waals surface area contributed by atoms with Crippen LogP contribution in [0.1, 0.15) is 13.8 Å². The summed E-state index contributed by atoms with van der Waals surface area (Å²) < 4.78 is 1.25. The Hall–Kier alpha value is -0.770. The van der Waals surface area contributed by atoms with Crippen LogP contribution in [0.4, 0.5) is 5.69 Å². The first kappa shape index (κ1) is 12.3. The Morgan fingerprint density at radius 3 is 2.47 bits per heavy atom. The molecule has 0 unspecified atom stereocenters. The van der Waals surface area contributed by atoms with Crippen LogP contribution < -0.4 is 5.32 Å². The van der Waals surface area contributed by atoms with E-state index in [2.05, 4.69) is 78.7 Å². The molecule has 0 amide bonds. The van der Waals surface area contributed by atoms with Crippen molar-refractivity contribution < 1.29 is 0 Å². The van der Waals surface area contributed by atoms with Gasteiger partial charge in [0.25, 0.3) is 0 Å². The summed E-state index contributed by atoms with van der Waals surface area (Å²) in [7, 11) is 0. The lowest BCUT2D eigenvalue weighted by atomic mass is 10.2. The number of benzene rings is 1. The standard InChI is InChI=1S/C13H16IN/c1-10(2)8-11(3)9-15-13-6-4-12(14)5-7-13/h4-8,15H,3,9H2,1-2H3. The minimum absolute atomic E-state index is 0.797. The summed E-state index contributed by atoms with van der Waals surface area (Å²) in [4.78, 5) is 0. The van der Waals surface area contributed by atoms with Gasteiger partial charge >= 0.3 is 0 Å². The SMILES string of the molecule is C=C(C=C(C)C)CNc1ccc(I)cc1. The summed E-state index contributed by atoms with van der Waals surface area (Å²) in [5, 5.41) is 3.33. The van der Waals surface area contributed by atoms with Crippen LogP contribution in [-0.2, 0) is 0 Å². The normalized spacial score (nSPS) is 9.53. The third-order valence-electron chi connectivity index (χ3n) is 1.86. The maximum Gasteiger partial charge on any atom is 0.0394 e. The van der Waals surface area contributed by atoms with Gasteiger partial charge in [-0.15, -0.1) is 0 Å². The number of hydrogen-bond acceptors (Lipinski definition) is 1. The van der Waals surface area contributed by atoms with E-state index in [1.807, 2.05) is 0 Å². The highest BCUT2D eigenvalue weighted by Crippen LogP contribution is 2.11. The Morgan fingerprint density at radius 1 is 1.33 bits per heavy atom. The van der Waals surface area contributed by atoms with Crippen LogP contribution in [0.3, 0.4) is 0 Å². The van der Waals surface area contributed by atoms with Crippen molar-refractivity contribution in [1.29, 1.82) is 0 Å². The fraction of sp³-hybridized carbons (Fsp3) is 0.231. The van der Waals surface area contributed by atoms with E-state index in [9.17, 15) is 0 Å². The van der Waals surface area contributed by atoms with E-state index in [4.69, 9.17) is 0 Å². The molecule has 0 saturated heterocycles. The molecule has 0 aliphatic heterocycles. The van der Waals surface area contributed by atoms with Gasteiger partial charge in [-0.25, -0.2) is 0 Å². The summed E-state index contributed by atoms with van der Waals surface area (Å²) >= 11 is 2.30. The molecule has 0 bridgehead atoms. The molecule has 0 atom stereocenters. The van der Waals surface area contributed by atoms with Crippen molar-refractivity contribution in [1.82, 2.24) is 0 Å². The number of allylic oxidation sites excluding steroid dienone is 1. The van der Waals surface area contributed by atoms with E-state index in [1.165, 1.54) is 9.14 Å². The van der Waals surface area contributed by atoms with Gasteiger partial charge in [0.15, 0.2) is 0 Å². The quantitative estimate of drug-likeness (QED) is 0.648. The molecule has 0 saturated carbocycles. The van der Waals surface area contributed by atoms with Crippen LogP contribution in [0.15, 0.2) is 48.1 Å². The first-order valence-corrected chi connectivity index (χ1v) is 5.98. The molecule has 0 aromatic heterocycles. The summed E-state index contributed by atoms with van der Waals surface area (Å²) in [6.45, 7) is 8.94. The van der Waals surface area contributed by atoms with Crippen LogP contribution >= 0.6 is 22.6 Å². The lowest BCUT2D eigenvalue weighted by Crippen LogP contribution is -2.02. The predicted octanol–water partition coefficient (Wildman–Crippen LogP) is 4.23. The molecular weight excluding hydrogens is 297 g/mol. The maximum atomic E-state index is 3.99. The molecule has 0 fully saturated rings. The monoisotopic (exact) mass is 313 g/mol. The Bertz CT molecular complexity index is 359. The number of rotatable bonds is 4. The van der Waals surface area contributed by atoms with Crippen LogP contribution in [0.5, 0.6) is 0 Å². The molecule has 2 heteroatoms. The molecule has 1 aromatic carbocycles. The van der Waals surface area contributed by atoms with E-state index in [1.54, 1.807) is 0 Å². The first-order valence-electron chi connectivity index (χ1n) is 4.90. The average molecular weight is 313 g/mol. The van der Waals surface area contributed by atoms with Gasteiger partial charge in [-0.1, -0.05) is 18.2 Å². The van der Waals surface area contributed by atoms with Crippen LogP contribution in [0.25, 0.3) is 0 Å². The smallest absolute Gasteiger partial charge is 0.0394 e. The van der Waals surface area contributed by atoms with Crippen molar-refractivity contribution in [2.75, 3.05) is 11.9 Å². The van der Waals surface area contributed by atoms with Gasteiger partial charge in [-0.05, 0) is 66.3 Å². The number of halogens is 1. The van der Waals surface area contributed by atoms with Gasteiger partial charge in [-0.3, -0.25) is 0 Å². The van der Waals surface area contributed by atoms with E-state index in [0.717, 1.165) is 17.8 Å². The molecule has 1 aromatic rings. The third-order valence-corrected chi connectivity index (χ3v) is 2.58. The Morgan fingerprint density at radius 2 is 1.93 bits per heavy atom. The van der Waals surface area contributed by atoms with Crippen molar-refractivity contribution in [3.8, 4) is 0 Å². The molecule has 1 rings (SSSR count).